The van der Waals surface area contributed by atoms with Crippen LogP contribution >= 0.6 is 11.8 Å². The van der Waals surface area contributed by atoms with Crippen molar-refractivity contribution in [2.45, 2.75) is 9.79 Å². The number of ether oxygens (including phenoxy) is 1. The number of fused-ring (bicyclic) bond motifs is 2. The Morgan fingerprint density at radius 2 is 1.86 bits per heavy atom. The van der Waals surface area contributed by atoms with Crippen molar-refractivity contribution in [1.82, 2.24) is 9.80 Å². The minimum Gasteiger partial charge on any atom is -0.394 e. The molecule has 7 heteroatoms. The molecule has 0 aromatic heterocycles. The van der Waals surface area contributed by atoms with E-state index in [1.807, 2.05) is 24.3 Å². The molecule has 2 aliphatic heterocycles. The van der Waals surface area contributed by atoms with E-state index in [1.54, 1.807) is 6.07 Å². The van der Waals surface area contributed by atoms with Gasteiger partial charge in [-0.2, -0.15) is 0 Å². The van der Waals surface area contributed by atoms with Gasteiger partial charge in [-0.05, 0) is 18.2 Å². The summed E-state index contributed by atoms with van der Waals surface area (Å²) in [6, 6.07) is 13.2. The van der Waals surface area contributed by atoms with E-state index >= 15 is 0 Å². The second-order valence-corrected chi connectivity index (χ2v) is 7.84. The minimum atomic E-state index is -0.227. The van der Waals surface area contributed by atoms with Crippen LogP contribution in [0.4, 0.5) is 10.1 Å². The van der Waals surface area contributed by atoms with Gasteiger partial charge in [-0.1, -0.05) is 36.0 Å². The monoisotopic (exact) mass is 401 g/mol. The third-order valence-electron chi connectivity index (χ3n) is 4.97. The van der Waals surface area contributed by atoms with Crippen LogP contribution in [0.15, 0.2) is 57.2 Å². The minimum absolute atomic E-state index is 0.0626. The first kappa shape index (κ1) is 19.4. The molecule has 0 saturated carbocycles. The molecule has 4 rings (SSSR count). The Bertz CT molecular complexity index is 853. The molecule has 2 aliphatic rings. The van der Waals surface area contributed by atoms with E-state index in [-0.39, 0.29) is 12.4 Å². The second-order valence-electron chi connectivity index (χ2n) is 6.79. The summed E-state index contributed by atoms with van der Waals surface area (Å²) < 4.78 is 19.8. The summed E-state index contributed by atoms with van der Waals surface area (Å²) >= 11 is 1.45. The zero-order valence-electron chi connectivity index (χ0n) is 15.7. The lowest BCUT2D eigenvalue weighted by Gasteiger charge is -2.36. The van der Waals surface area contributed by atoms with Crippen molar-refractivity contribution in [1.29, 1.82) is 0 Å². The number of aliphatic imine (C=N–C) groups is 1. The highest BCUT2D eigenvalue weighted by Gasteiger charge is 2.26. The highest BCUT2D eigenvalue weighted by Crippen LogP contribution is 2.42. The zero-order valence-corrected chi connectivity index (χ0v) is 16.5. The molecule has 0 spiro atoms. The fourth-order valence-electron chi connectivity index (χ4n) is 3.50. The van der Waals surface area contributed by atoms with Crippen molar-refractivity contribution < 1.29 is 14.2 Å². The van der Waals surface area contributed by atoms with Crippen LogP contribution in [-0.2, 0) is 4.74 Å². The van der Waals surface area contributed by atoms with Gasteiger partial charge >= 0.3 is 0 Å². The number of nitrogens with zero attached hydrogens (tertiary/aromatic N) is 3. The first-order chi connectivity index (χ1) is 13.8. The third-order valence-corrected chi connectivity index (χ3v) is 6.16. The molecule has 0 radical (unpaired) electrons. The summed E-state index contributed by atoms with van der Waals surface area (Å²) in [5.74, 6) is 0.693. The zero-order chi connectivity index (χ0) is 19.3. The molecule has 2 aromatic rings. The standard InChI is InChI=1S/C21H24FN3O2S/c22-17-5-3-6-18-20(17)28-19-7-2-1-4-16(19)21(23-18)25-10-8-24(9-11-25)12-14-27-15-13-26/h1-7,26H,8-15H2. The molecule has 0 unspecified atom stereocenters. The molecule has 0 aliphatic carbocycles. The predicted molar refractivity (Wildman–Crippen MR) is 109 cm³/mol. The van der Waals surface area contributed by atoms with Gasteiger partial charge in [0, 0.05) is 43.2 Å². The molecule has 5 nitrogen and oxygen atoms in total. The van der Waals surface area contributed by atoms with E-state index in [1.165, 1.54) is 17.8 Å². The molecular weight excluding hydrogens is 377 g/mol. The van der Waals surface area contributed by atoms with E-state index in [0.717, 1.165) is 49.0 Å². The predicted octanol–water partition coefficient (Wildman–Crippen LogP) is 3.00. The van der Waals surface area contributed by atoms with Crippen molar-refractivity contribution in [3.05, 3.63) is 53.8 Å². The summed E-state index contributed by atoms with van der Waals surface area (Å²) in [5, 5.41) is 8.79. The van der Waals surface area contributed by atoms with E-state index in [0.29, 0.717) is 23.8 Å². The van der Waals surface area contributed by atoms with Crippen molar-refractivity contribution >= 4 is 23.3 Å². The lowest BCUT2D eigenvalue weighted by Crippen LogP contribution is -2.49. The highest BCUT2D eigenvalue weighted by atomic mass is 32.2. The maximum absolute atomic E-state index is 14.4. The van der Waals surface area contributed by atoms with Gasteiger partial charge in [-0.3, -0.25) is 4.90 Å². The number of rotatable bonds is 5. The Morgan fingerprint density at radius 3 is 2.68 bits per heavy atom. The van der Waals surface area contributed by atoms with Gasteiger partial charge < -0.3 is 14.7 Å². The maximum Gasteiger partial charge on any atom is 0.139 e. The average molecular weight is 402 g/mol. The van der Waals surface area contributed by atoms with E-state index in [4.69, 9.17) is 14.8 Å². The summed E-state index contributed by atoms with van der Waals surface area (Å²) in [5.41, 5.74) is 1.75. The molecule has 0 bridgehead atoms. The molecule has 1 fully saturated rings. The SMILES string of the molecule is OCCOCCN1CCN(C2=Nc3cccc(F)c3Sc3ccccc32)CC1. The molecular formula is C21H24FN3O2S. The Morgan fingerprint density at radius 1 is 1.04 bits per heavy atom. The van der Waals surface area contributed by atoms with Crippen molar-refractivity contribution in [3.63, 3.8) is 0 Å². The molecule has 2 aromatic carbocycles. The Labute approximate surface area is 168 Å². The first-order valence-electron chi connectivity index (χ1n) is 9.56. The summed E-state index contributed by atoms with van der Waals surface area (Å²) in [4.78, 5) is 11.2. The van der Waals surface area contributed by atoms with Crippen LogP contribution in [0.2, 0.25) is 0 Å². The van der Waals surface area contributed by atoms with Crippen molar-refractivity contribution in [2.75, 3.05) is 52.5 Å². The number of aliphatic hydroxyl groups is 1. The number of halogens is 1. The smallest absolute Gasteiger partial charge is 0.139 e. The molecule has 1 N–H and O–H groups in total. The number of aliphatic hydroxyl groups excluding tert-OH is 1. The Hall–Kier alpha value is -1.93. The molecule has 0 atom stereocenters. The quantitative estimate of drug-likeness (QED) is 0.781. The fraction of sp³-hybridized carbons (Fsp3) is 0.381. The van der Waals surface area contributed by atoms with Gasteiger partial charge in [-0.25, -0.2) is 9.38 Å². The van der Waals surface area contributed by atoms with Crippen LogP contribution in [0.25, 0.3) is 0 Å². The highest BCUT2D eigenvalue weighted by molar-refractivity contribution is 7.99. The topological polar surface area (TPSA) is 48.3 Å². The van der Waals surface area contributed by atoms with Gasteiger partial charge in [0.15, 0.2) is 0 Å². The molecule has 148 valence electrons. The van der Waals surface area contributed by atoms with Crippen LogP contribution in [0.1, 0.15) is 5.56 Å². The average Bonchev–Trinajstić information content (AvgIpc) is 2.90. The number of benzene rings is 2. The van der Waals surface area contributed by atoms with Gasteiger partial charge in [-0.15, -0.1) is 0 Å². The number of amidine groups is 1. The fourth-order valence-corrected chi connectivity index (χ4v) is 4.52. The normalized spacial score (nSPS) is 16.9. The largest absolute Gasteiger partial charge is 0.394 e. The third kappa shape index (κ3) is 4.22. The Balaban J connectivity index is 1.54. The molecule has 28 heavy (non-hydrogen) atoms. The van der Waals surface area contributed by atoms with E-state index < -0.39 is 0 Å². The van der Waals surface area contributed by atoms with Crippen molar-refractivity contribution in [3.8, 4) is 0 Å². The molecule has 0 amide bonds. The van der Waals surface area contributed by atoms with E-state index in [9.17, 15) is 4.39 Å². The van der Waals surface area contributed by atoms with Crippen LogP contribution in [-0.4, -0.2) is 73.3 Å². The lowest BCUT2D eigenvalue weighted by atomic mass is 10.1. The molecule has 2 heterocycles. The van der Waals surface area contributed by atoms with Crippen LogP contribution in [0, 0.1) is 5.82 Å². The van der Waals surface area contributed by atoms with E-state index in [2.05, 4.69) is 15.9 Å². The lowest BCUT2D eigenvalue weighted by molar-refractivity contribution is 0.0652. The summed E-state index contributed by atoms with van der Waals surface area (Å²) in [7, 11) is 0. The van der Waals surface area contributed by atoms with Crippen molar-refractivity contribution in [2.24, 2.45) is 4.99 Å². The van der Waals surface area contributed by atoms with Crippen LogP contribution in [0.3, 0.4) is 0 Å². The molecule has 1 saturated heterocycles. The maximum atomic E-state index is 14.4. The number of hydrogen-bond acceptors (Lipinski definition) is 6. The Kier molecular flexibility index (Phi) is 6.26. The summed E-state index contributed by atoms with van der Waals surface area (Å²) in [6.07, 6.45) is 0. The number of piperazine rings is 1. The van der Waals surface area contributed by atoms with Crippen LogP contribution < -0.4 is 0 Å². The van der Waals surface area contributed by atoms with Gasteiger partial charge in [0.05, 0.1) is 30.4 Å². The van der Waals surface area contributed by atoms with Gasteiger partial charge in [0.25, 0.3) is 0 Å². The summed E-state index contributed by atoms with van der Waals surface area (Å²) in [6.45, 7) is 5.52. The van der Waals surface area contributed by atoms with Crippen LogP contribution in [0.5, 0.6) is 0 Å². The second kappa shape index (κ2) is 9.05. The van der Waals surface area contributed by atoms with Gasteiger partial charge in [0.1, 0.15) is 11.7 Å². The van der Waals surface area contributed by atoms with Gasteiger partial charge in [0.2, 0.25) is 0 Å². The number of hydrogen-bond donors (Lipinski definition) is 1. The first-order valence-corrected chi connectivity index (χ1v) is 10.4.